The van der Waals surface area contributed by atoms with E-state index in [1.807, 2.05) is 92.0 Å². The summed E-state index contributed by atoms with van der Waals surface area (Å²) in [6, 6.07) is 23.7. The second kappa shape index (κ2) is 11.2. The molecule has 0 aliphatic rings. The molecule has 7 nitrogen and oxygen atoms in total. The van der Waals surface area contributed by atoms with Gasteiger partial charge in [-0.2, -0.15) is 0 Å². The van der Waals surface area contributed by atoms with Crippen molar-refractivity contribution in [3.8, 4) is 5.75 Å². The molecule has 1 heterocycles. The molecule has 2 atom stereocenters. The molecule has 35 heavy (non-hydrogen) atoms. The third-order valence-corrected chi connectivity index (χ3v) is 5.89. The Morgan fingerprint density at radius 2 is 1.63 bits per heavy atom. The van der Waals surface area contributed by atoms with Gasteiger partial charge in [0.2, 0.25) is 5.91 Å². The summed E-state index contributed by atoms with van der Waals surface area (Å²) < 4.78 is 10.6. The normalized spacial score (nSPS) is 12.5. The molecule has 7 heteroatoms. The van der Waals surface area contributed by atoms with Crippen LogP contribution in [-0.4, -0.2) is 30.1 Å². The summed E-state index contributed by atoms with van der Waals surface area (Å²) in [5, 5.41) is 6.78. The number of aromatic amines is 1. The van der Waals surface area contributed by atoms with E-state index in [0.29, 0.717) is 6.42 Å². The maximum Gasteiger partial charge on any atom is 0.408 e. The van der Waals surface area contributed by atoms with E-state index < -0.39 is 12.1 Å². The largest absolute Gasteiger partial charge is 0.497 e. The monoisotopic (exact) mass is 471 g/mol. The van der Waals surface area contributed by atoms with Crippen LogP contribution < -0.4 is 15.4 Å². The van der Waals surface area contributed by atoms with Gasteiger partial charge in [-0.05, 0) is 41.8 Å². The summed E-state index contributed by atoms with van der Waals surface area (Å²) in [7, 11) is 1.61. The van der Waals surface area contributed by atoms with Gasteiger partial charge in [0.05, 0.1) is 13.2 Å². The van der Waals surface area contributed by atoms with Crippen LogP contribution in [0.15, 0.2) is 85.1 Å². The molecule has 0 aliphatic carbocycles. The lowest BCUT2D eigenvalue weighted by molar-refractivity contribution is -0.123. The number of aromatic nitrogens is 1. The Bertz CT molecular complexity index is 1270. The first-order chi connectivity index (χ1) is 17.0. The van der Waals surface area contributed by atoms with E-state index in [2.05, 4.69) is 15.6 Å². The van der Waals surface area contributed by atoms with Crippen LogP contribution in [0.4, 0.5) is 4.79 Å². The first-order valence-corrected chi connectivity index (χ1v) is 11.5. The third kappa shape index (κ3) is 6.20. The fourth-order valence-electron chi connectivity index (χ4n) is 3.93. The molecular formula is C28H29N3O4. The van der Waals surface area contributed by atoms with Crippen molar-refractivity contribution in [3.63, 3.8) is 0 Å². The van der Waals surface area contributed by atoms with Gasteiger partial charge < -0.3 is 25.1 Å². The molecule has 1 aromatic heterocycles. The van der Waals surface area contributed by atoms with Gasteiger partial charge in [-0.15, -0.1) is 0 Å². The number of H-pyrrole nitrogens is 1. The summed E-state index contributed by atoms with van der Waals surface area (Å²) in [6.45, 7) is 2.02. The molecule has 0 radical (unpaired) electrons. The standard InChI is InChI=1S/C28H29N3O4/c1-19(21-12-14-23(34-2)15-13-21)30-27(32)26(16-22-17-29-25-11-7-6-10-24(22)25)31-28(33)35-18-20-8-4-3-5-9-20/h3-15,17,19,26,29H,16,18H2,1-2H3,(H,30,32)(H,31,33). The van der Waals surface area contributed by atoms with Crippen LogP contribution >= 0.6 is 0 Å². The van der Waals surface area contributed by atoms with Crippen LogP contribution in [0.1, 0.15) is 29.7 Å². The first kappa shape index (κ1) is 23.9. The molecule has 4 rings (SSSR count). The molecule has 0 saturated carbocycles. The Hall–Kier alpha value is -4.26. The Morgan fingerprint density at radius 1 is 0.914 bits per heavy atom. The lowest BCUT2D eigenvalue weighted by atomic mass is 10.0. The number of hydrogen-bond acceptors (Lipinski definition) is 4. The average molecular weight is 472 g/mol. The molecule has 0 bridgehead atoms. The number of fused-ring (bicyclic) bond motifs is 1. The highest BCUT2D eigenvalue weighted by atomic mass is 16.5. The van der Waals surface area contributed by atoms with Gasteiger partial charge in [0.15, 0.2) is 0 Å². The second-order valence-corrected chi connectivity index (χ2v) is 8.33. The van der Waals surface area contributed by atoms with Crippen LogP contribution in [0.2, 0.25) is 0 Å². The summed E-state index contributed by atoms with van der Waals surface area (Å²) in [5.74, 6) is 0.447. The maximum atomic E-state index is 13.3. The number of benzene rings is 3. The summed E-state index contributed by atoms with van der Waals surface area (Å²) >= 11 is 0. The van der Waals surface area contributed by atoms with Crippen molar-refractivity contribution < 1.29 is 19.1 Å². The zero-order valence-corrected chi connectivity index (χ0v) is 19.8. The highest BCUT2D eigenvalue weighted by Gasteiger charge is 2.25. The van der Waals surface area contributed by atoms with E-state index >= 15 is 0 Å². The van der Waals surface area contributed by atoms with Gasteiger partial charge in [0, 0.05) is 23.5 Å². The number of carbonyl (C=O) groups excluding carboxylic acids is 2. The van der Waals surface area contributed by atoms with Crippen molar-refractivity contribution in [2.24, 2.45) is 0 Å². The van der Waals surface area contributed by atoms with Crippen molar-refractivity contribution >= 4 is 22.9 Å². The van der Waals surface area contributed by atoms with E-state index in [4.69, 9.17) is 9.47 Å². The minimum atomic E-state index is -0.821. The molecule has 180 valence electrons. The zero-order valence-electron chi connectivity index (χ0n) is 19.8. The highest BCUT2D eigenvalue weighted by Crippen LogP contribution is 2.21. The van der Waals surface area contributed by atoms with E-state index in [0.717, 1.165) is 33.3 Å². The number of methoxy groups -OCH3 is 1. The lowest BCUT2D eigenvalue weighted by Crippen LogP contribution is -2.48. The van der Waals surface area contributed by atoms with E-state index in [9.17, 15) is 9.59 Å². The number of nitrogens with one attached hydrogen (secondary N) is 3. The third-order valence-electron chi connectivity index (χ3n) is 5.89. The molecule has 2 unspecified atom stereocenters. The van der Waals surface area contributed by atoms with Crippen LogP contribution in [0.3, 0.4) is 0 Å². The van der Waals surface area contributed by atoms with Crippen molar-refractivity contribution in [2.75, 3.05) is 7.11 Å². The van der Waals surface area contributed by atoms with E-state index in [1.54, 1.807) is 7.11 Å². The molecular weight excluding hydrogens is 442 g/mol. The van der Waals surface area contributed by atoms with Gasteiger partial charge in [-0.1, -0.05) is 60.7 Å². The smallest absolute Gasteiger partial charge is 0.408 e. The van der Waals surface area contributed by atoms with Crippen LogP contribution in [0.25, 0.3) is 10.9 Å². The fourth-order valence-corrected chi connectivity index (χ4v) is 3.93. The van der Waals surface area contributed by atoms with Crippen LogP contribution in [0.5, 0.6) is 5.75 Å². The fraction of sp³-hybridized carbons (Fsp3) is 0.214. The van der Waals surface area contributed by atoms with Gasteiger partial charge in [-0.3, -0.25) is 4.79 Å². The Balaban J connectivity index is 1.47. The quantitative estimate of drug-likeness (QED) is 0.324. The van der Waals surface area contributed by atoms with E-state index in [-0.39, 0.29) is 18.6 Å². The number of amides is 2. The number of ether oxygens (including phenoxy) is 2. The minimum absolute atomic E-state index is 0.121. The Kier molecular flexibility index (Phi) is 7.67. The van der Waals surface area contributed by atoms with Gasteiger partial charge in [-0.25, -0.2) is 4.79 Å². The molecule has 3 N–H and O–H groups in total. The minimum Gasteiger partial charge on any atom is -0.497 e. The number of rotatable bonds is 9. The van der Waals surface area contributed by atoms with E-state index in [1.165, 1.54) is 0 Å². The number of carbonyl (C=O) groups is 2. The summed E-state index contributed by atoms with van der Waals surface area (Å²) in [5.41, 5.74) is 3.70. The molecule has 0 fully saturated rings. The van der Waals surface area contributed by atoms with Crippen molar-refractivity contribution in [3.05, 3.63) is 102 Å². The average Bonchev–Trinajstić information content (AvgIpc) is 3.30. The predicted molar refractivity (Wildman–Crippen MR) is 135 cm³/mol. The zero-order chi connectivity index (χ0) is 24.6. The number of para-hydroxylation sites is 1. The Morgan fingerprint density at radius 3 is 2.37 bits per heavy atom. The second-order valence-electron chi connectivity index (χ2n) is 8.33. The molecule has 4 aromatic rings. The Labute approximate surface area is 204 Å². The van der Waals surface area contributed by atoms with Gasteiger partial charge in [0.25, 0.3) is 0 Å². The van der Waals surface area contributed by atoms with Crippen molar-refractivity contribution in [2.45, 2.75) is 32.0 Å². The molecule has 3 aromatic carbocycles. The highest BCUT2D eigenvalue weighted by molar-refractivity contribution is 5.88. The molecule has 0 saturated heterocycles. The van der Waals surface area contributed by atoms with Crippen LogP contribution in [0, 0.1) is 0 Å². The van der Waals surface area contributed by atoms with Crippen molar-refractivity contribution in [1.29, 1.82) is 0 Å². The van der Waals surface area contributed by atoms with Crippen LogP contribution in [-0.2, 0) is 22.6 Å². The first-order valence-electron chi connectivity index (χ1n) is 11.5. The predicted octanol–water partition coefficient (Wildman–Crippen LogP) is 4.89. The topological polar surface area (TPSA) is 92.5 Å². The summed E-state index contributed by atoms with van der Waals surface area (Å²) in [4.78, 5) is 29.1. The van der Waals surface area contributed by atoms with Gasteiger partial charge in [0.1, 0.15) is 18.4 Å². The molecule has 2 amide bonds. The SMILES string of the molecule is COc1ccc(C(C)NC(=O)C(Cc2c[nH]c3ccccc23)NC(=O)OCc2ccccc2)cc1. The lowest BCUT2D eigenvalue weighted by Gasteiger charge is -2.21. The summed E-state index contributed by atoms with van der Waals surface area (Å²) in [6.07, 6.45) is 1.53. The number of hydrogen-bond donors (Lipinski definition) is 3. The van der Waals surface area contributed by atoms with Gasteiger partial charge >= 0.3 is 6.09 Å². The number of alkyl carbamates (subject to hydrolysis) is 1. The molecule has 0 spiro atoms. The molecule has 0 aliphatic heterocycles. The maximum absolute atomic E-state index is 13.3. The van der Waals surface area contributed by atoms with Crippen molar-refractivity contribution in [1.82, 2.24) is 15.6 Å².